The lowest BCUT2D eigenvalue weighted by Crippen LogP contribution is -2.41. The van der Waals surface area contributed by atoms with Gasteiger partial charge in [0.2, 0.25) is 0 Å². The van der Waals surface area contributed by atoms with Gasteiger partial charge < -0.3 is 10.2 Å². The molecule has 1 N–H and O–H groups in total. The van der Waals surface area contributed by atoms with Crippen LogP contribution in [0.15, 0.2) is 42.6 Å². The van der Waals surface area contributed by atoms with E-state index in [2.05, 4.69) is 21.3 Å². The number of aromatic nitrogens is 1. The van der Waals surface area contributed by atoms with Gasteiger partial charge in [-0.3, -0.25) is 4.98 Å². The van der Waals surface area contributed by atoms with E-state index in [0.29, 0.717) is 6.04 Å². The lowest BCUT2D eigenvalue weighted by molar-refractivity contribution is 0.309. The maximum absolute atomic E-state index is 6.11. The van der Waals surface area contributed by atoms with Crippen LogP contribution >= 0.6 is 23.8 Å². The van der Waals surface area contributed by atoms with Gasteiger partial charge >= 0.3 is 0 Å². The zero-order valence-electron chi connectivity index (χ0n) is 13.8. The number of hydrogen-bond acceptors (Lipinski definition) is 2. The molecule has 5 heteroatoms. The quantitative estimate of drug-likeness (QED) is 0.761. The van der Waals surface area contributed by atoms with Crippen molar-refractivity contribution < 1.29 is 0 Å². The Hall–Kier alpha value is -1.65. The molecular weight excluding hydrogens is 338 g/mol. The van der Waals surface area contributed by atoms with Crippen molar-refractivity contribution in [1.29, 1.82) is 0 Å². The van der Waals surface area contributed by atoms with Crippen molar-refractivity contribution in [2.24, 2.45) is 0 Å². The van der Waals surface area contributed by atoms with Crippen LogP contribution < -0.4 is 5.32 Å². The summed E-state index contributed by atoms with van der Waals surface area (Å²) in [6, 6.07) is 12.4. The molecule has 2 aromatic rings. The van der Waals surface area contributed by atoms with Gasteiger partial charge in [0.25, 0.3) is 0 Å². The second-order valence-electron chi connectivity index (χ2n) is 6.28. The molecule has 0 unspecified atom stereocenters. The molecule has 0 atom stereocenters. The third kappa shape index (κ3) is 4.25. The Balaban J connectivity index is 1.76. The monoisotopic (exact) mass is 359 g/mol. The molecule has 0 radical (unpaired) electrons. The highest BCUT2D eigenvalue weighted by Gasteiger charge is 2.25. The molecule has 1 heterocycles. The van der Waals surface area contributed by atoms with E-state index in [0.717, 1.165) is 33.6 Å². The lowest BCUT2D eigenvalue weighted by atomic mass is 10.2. The molecule has 1 fully saturated rings. The van der Waals surface area contributed by atoms with E-state index in [-0.39, 0.29) is 0 Å². The van der Waals surface area contributed by atoms with Crippen LogP contribution in [0.2, 0.25) is 5.02 Å². The Morgan fingerprint density at radius 3 is 2.75 bits per heavy atom. The highest BCUT2D eigenvalue weighted by atomic mass is 35.5. The van der Waals surface area contributed by atoms with E-state index < -0.39 is 0 Å². The normalized spacial score (nSPS) is 14.6. The predicted molar refractivity (Wildman–Crippen MR) is 104 cm³/mol. The standard InChI is InChI=1S/C19H22ClN3S/c1-14-12-15(9-10-18(14)20)22-19(24)23(17-7-2-3-8-17)13-16-6-4-5-11-21-16/h4-6,9-12,17H,2-3,7-8,13H2,1H3,(H,22,24). The van der Waals surface area contributed by atoms with Crippen molar-refractivity contribution in [2.45, 2.75) is 45.2 Å². The molecule has 0 amide bonds. The van der Waals surface area contributed by atoms with Gasteiger partial charge in [0.05, 0.1) is 12.2 Å². The van der Waals surface area contributed by atoms with Crippen LogP contribution in [0.25, 0.3) is 0 Å². The zero-order valence-corrected chi connectivity index (χ0v) is 15.4. The van der Waals surface area contributed by atoms with Crippen LogP contribution in [0.1, 0.15) is 36.9 Å². The molecular formula is C19H22ClN3S. The van der Waals surface area contributed by atoms with Crippen LogP contribution in [-0.2, 0) is 6.54 Å². The summed E-state index contributed by atoms with van der Waals surface area (Å²) in [5, 5.41) is 4.91. The topological polar surface area (TPSA) is 28.2 Å². The fraction of sp³-hybridized carbons (Fsp3) is 0.368. The first-order valence-electron chi connectivity index (χ1n) is 8.37. The number of aryl methyl sites for hydroxylation is 1. The molecule has 126 valence electrons. The lowest BCUT2D eigenvalue weighted by Gasteiger charge is -2.31. The first kappa shape index (κ1) is 17.2. The Morgan fingerprint density at radius 2 is 2.08 bits per heavy atom. The number of rotatable bonds is 4. The summed E-state index contributed by atoms with van der Waals surface area (Å²) in [4.78, 5) is 6.74. The number of halogens is 1. The molecule has 1 aliphatic carbocycles. The molecule has 1 aromatic heterocycles. The second kappa shape index (κ2) is 7.95. The average molecular weight is 360 g/mol. The number of benzene rings is 1. The molecule has 0 bridgehead atoms. The van der Waals surface area contributed by atoms with Crippen molar-refractivity contribution in [1.82, 2.24) is 9.88 Å². The van der Waals surface area contributed by atoms with Crippen molar-refractivity contribution in [3.05, 3.63) is 58.9 Å². The van der Waals surface area contributed by atoms with Gasteiger partial charge in [0.1, 0.15) is 0 Å². The second-order valence-corrected chi connectivity index (χ2v) is 7.08. The SMILES string of the molecule is Cc1cc(NC(=S)N(Cc2ccccn2)C2CCCC2)ccc1Cl. The highest BCUT2D eigenvalue weighted by Crippen LogP contribution is 2.26. The number of nitrogens with one attached hydrogen (secondary N) is 1. The third-order valence-electron chi connectivity index (χ3n) is 4.49. The summed E-state index contributed by atoms with van der Waals surface area (Å²) in [5.74, 6) is 0. The van der Waals surface area contributed by atoms with Gasteiger partial charge in [0, 0.05) is 22.9 Å². The third-order valence-corrected chi connectivity index (χ3v) is 5.25. The molecule has 24 heavy (non-hydrogen) atoms. The summed E-state index contributed by atoms with van der Waals surface area (Å²) in [6.07, 6.45) is 6.75. The summed E-state index contributed by atoms with van der Waals surface area (Å²) in [7, 11) is 0. The summed E-state index contributed by atoms with van der Waals surface area (Å²) in [6.45, 7) is 2.74. The van der Waals surface area contributed by atoms with Gasteiger partial charge in [-0.15, -0.1) is 0 Å². The van der Waals surface area contributed by atoms with Gasteiger partial charge in [-0.2, -0.15) is 0 Å². The maximum Gasteiger partial charge on any atom is 0.174 e. The fourth-order valence-corrected chi connectivity index (χ4v) is 3.62. The largest absolute Gasteiger partial charge is 0.340 e. The Bertz CT molecular complexity index is 699. The number of thiocarbonyl (C=S) groups is 1. The minimum absolute atomic E-state index is 0.486. The predicted octanol–water partition coefficient (Wildman–Crippen LogP) is 5.19. The van der Waals surface area contributed by atoms with Crippen LogP contribution in [0.4, 0.5) is 5.69 Å². The molecule has 0 saturated heterocycles. The van der Waals surface area contributed by atoms with Gasteiger partial charge in [0.15, 0.2) is 5.11 Å². The van der Waals surface area contributed by atoms with E-state index >= 15 is 0 Å². The highest BCUT2D eigenvalue weighted by molar-refractivity contribution is 7.80. The molecule has 0 spiro atoms. The number of pyridine rings is 1. The molecule has 1 saturated carbocycles. The number of anilines is 1. The molecule has 3 nitrogen and oxygen atoms in total. The van der Waals surface area contributed by atoms with Crippen LogP contribution in [0, 0.1) is 6.92 Å². The molecule has 0 aliphatic heterocycles. The number of hydrogen-bond donors (Lipinski definition) is 1. The van der Waals surface area contributed by atoms with Gasteiger partial charge in [-0.05, 0) is 67.9 Å². The maximum atomic E-state index is 6.11. The summed E-state index contributed by atoms with van der Waals surface area (Å²) < 4.78 is 0. The number of nitrogens with zero attached hydrogens (tertiary/aromatic N) is 2. The van der Waals surface area contributed by atoms with E-state index in [9.17, 15) is 0 Å². The molecule has 1 aliphatic rings. The Labute approximate surface area is 154 Å². The van der Waals surface area contributed by atoms with Crippen LogP contribution in [0.5, 0.6) is 0 Å². The first-order valence-corrected chi connectivity index (χ1v) is 9.16. The van der Waals surface area contributed by atoms with Gasteiger partial charge in [-0.25, -0.2) is 0 Å². The van der Waals surface area contributed by atoms with Crippen molar-refractivity contribution in [3.8, 4) is 0 Å². The Morgan fingerprint density at radius 1 is 1.29 bits per heavy atom. The Kier molecular flexibility index (Phi) is 5.69. The van der Waals surface area contributed by atoms with Crippen LogP contribution in [-0.4, -0.2) is 21.0 Å². The van der Waals surface area contributed by atoms with E-state index in [1.54, 1.807) is 0 Å². The van der Waals surface area contributed by atoms with E-state index in [1.165, 1.54) is 25.7 Å². The zero-order chi connectivity index (χ0) is 16.9. The van der Waals surface area contributed by atoms with E-state index in [1.807, 2.05) is 43.5 Å². The average Bonchev–Trinajstić information content (AvgIpc) is 3.11. The summed E-state index contributed by atoms with van der Waals surface area (Å²) >= 11 is 11.8. The molecule has 1 aromatic carbocycles. The van der Waals surface area contributed by atoms with Crippen LogP contribution in [0.3, 0.4) is 0 Å². The minimum atomic E-state index is 0.486. The smallest absolute Gasteiger partial charge is 0.174 e. The van der Waals surface area contributed by atoms with Crippen molar-refractivity contribution in [2.75, 3.05) is 5.32 Å². The van der Waals surface area contributed by atoms with E-state index in [4.69, 9.17) is 23.8 Å². The fourth-order valence-electron chi connectivity index (χ4n) is 3.17. The molecule has 3 rings (SSSR count). The van der Waals surface area contributed by atoms with Gasteiger partial charge in [-0.1, -0.05) is 30.5 Å². The van der Waals surface area contributed by atoms with Crippen molar-refractivity contribution >= 4 is 34.6 Å². The van der Waals surface area contributed by atoms with Crippen molar-refractivity contribution in [3.63, 3.8) is 0 Å². The minimum Gasteiger partial charge on any atom is -0.340 e. The first-order chi connectivity index (χ1) is 11.6. The summed E-state index contributed by atoms with van der Waals surface area (Å²) in [5.41, 5.74) is 3.06.